The van der Waals surface area contributed by atoms with Crippen LogP contribution in [-0.4, -0.2) is 41.3 Å². The zero-order chi connectivity index (χ0) is 16.6. The highest BCUT2D eigenvalue weighted by Gasteiger charge is 2.27. The highest BCUT2D eigenvalue weighted by molar-refractivity contribution is 7.99. The molecule has 0 aliphatic rings. The van der Waals surface area contributed by atoms with Crippen LogP contribution in [0.15, 0.2) is 30.3 Å². The number of aliphatic hydroxyl groups excluding tert-OH is 1. The van der Waals surface area contributed by atoms with Crippen molar-refractivity contribution in [1.29, 1.82) is 0 Å². The van der Waals surface area contributed by atoms with E-state index in [0.29, 0.717) is 5.56 Å². The maximum atomic E-state index is 11.8. The molecule has 9 heteroatoms. The van der Waals surface area contributed by atoms with Crippen LogP contribution in [-0.2, 0) is 4.79 Å². The number of rotatable bonds is 6. The summed E-state index contributed by atoms with van der Waals surface area (Å²) in [4.78, 5) is 22.4. The third kappa shape index (κ3) is 7.89. The fraction of sp³-hybridized carbons (Fsp3) is 0.385. The standard InChI is InChI=1S/C13H15F3N2O3S/c14-13(15,16)8-17-12(21)18-11(20)7-22-6-10(19)9-4-2-1-3-5-9/h1-5,10,19H,6-8H2,(H2,17,18,20,21)/t10-/m0/s1. The molecule has 0 unspecified atom stereocenters. The fourth-order valence-electron chi connectivity index (χ4n) is 1.42. The molecule has 3 N–H and O–H groups in total. The van der Waals surface area contributed by atoms with Gasteiger partial charge in [-0.3, -0.25) is 10.1 Å². The maximum absolute atomic E-state index is 11.8. The van der Waals surface area contributed by atoms with Gasteiger partial charge in [-0.15, -0.1) is 11.8 Å². The Hall–Kier alpha value is -1.74. The molecule has 0 bridgehead atoms. The van der Waals surface area contributed by atoms with Crippen molar-refractivity contribution in [3.8, 4) is 0 Å². The van der Waals surface area contributed by atoms with Gasteiger partial charge in [0, 0.05) is 5.75 Å². The van der Waals surface area contributed by atoms with E-state index in [-0.39, 0.29) is 11.5 Å². The van der Waals surface area contributed by atoms with Crippen LogP contribution in [0.4, 0.5) is 18.0 Å². The summed E-state index contributed by atoms with van der Waals surface area (Å²) in [6.45, 7) is -1.51. The van der Waals surface area contributed by atoms with Gasteiger partial charge in [0.25, 0.3) is 0 Å². The van der Waals surface area contributed by atoms with E-state index in [4.69, 9.17) is 0 Å². The number of halogens is 3. The molecule has 122 valence electrons. The molecule has 0 fully saturated rings. The van der Waals surface area contributed by atoms with Gasteiger partial charge < -0.3 is 10.4 Å². The molecule has 0 aliphatic carbocycles. The van der Waals surface area contributed by atoms with Gasteiger partial charge in [0.1, 0.15) is 6.54 Å². The number of amides is 3. The van der Waals surface area contributed by atoms with Crippen molar-refractivity contribution in [3.63, 3.8) is 0 Å². The van der Waals surface area contributed by atoms with Crippen LogP contribution in [0.2, 0.25) is 0 Å². The molecular formula is C13H15F3N2O3S. The predicted octanol–water partition coefficient (Wildman–Crippen LogP) is 1.84. The third-order valence-corrected chi connectivity index (χ3v) is 3.41. The average molecular weight is 336 g/mol. The molecule has 1 aromatic rings. The number of hydrogen-bond acceptors (Lipinski definition) is 4. The quantitative estimate of drug-likeness (QED) is 0.741. The van der Waals surface area contributed by atoms with Crippen LogP contribution in [0.25, 0.3) is 0 Å². The summed E-state index contributed by atoms with van der Waals surface area (Å²) in [5.74, 6) is -0.657. The predicted molar refractivity (Wildman–Crippen MR) is 76.3 cm³/mol. The largest absolute Gasteiger partial charge is 0.405 e. The highest BCUT2D eigenvalue weighted by atomic mass is 32.2. The van der Waals surface area contributed by atoms with Gasteiger partial charge in [-0.05, 0) is 5.56 Å². The monoisotopic (exact) mass is 336 g/mol. The molecule has 3 amide bonds. The summed E-state index contributed by atoms with van der Waals surface area (Å²) in [7, 11) is 0. The first-order valence-electron chi connectivity index (χ1n) is 6.23. The molecule has 0 spiro atoms. The lowest BCUT2D eigenvalue weighted by atomic mass is 10.1. The van der Waals surface area contributed by atoms with Crippen LogP contribution in [0, 0.1) is 0 Å². The van der Waals surface area contributed by atoms with Crippen LogP contribution < -0.4 is 10.6 Å². The highest BCUT2D eigenvalue weighted by Crippen LogP contribution is 2.17. The zero-order valence-electron chi connectivity index (χ0n) is 11.4. The number of urea groups is 1. The molecule has 0 radical (unpaired) electrons. The number of alkyl halides is 3. The number of thioether (sulfide) groups is 1. The van der Waals surface area contributed by atoms with Crippen LogP contribution >= 0.6 is 11.8 Å². The minimum Gasteiger partial charge on any atom is -0.388 e. The molecule has 5 nitrogen and oxygen atoms in total. The smallest absolute Gasteiger partial charge is 0.388 e. The summed E-state index contributed by atoms with van der Waals surface area (Å²) < 4.78 is 35.5. The fourth-order valence-corrected chi connectivity index (χ4v) is 2.21. The second-order valence-electron chi connectivity index (χ2n) is 4.29. The Morgan fingerprint density at radius 3 is 2.45 bits per heavy atom. The molecule has 0 aliphatic heterocycles. The van der Waals surface area contributed by atoms with Gasteiger partial charge in [0.2, 0.25) is 5.91 Å². The molecule has 1 aromatic carbocycles. The third-order valence-electron chi connectivity index (χ3n) is 2.40. The van der Waals surface area contributed by atoms with E-state index >= 15 is 0 Å². The number of carbonyl (C=O) groups excluding carboxylic acids is 2. The van der Waals surface area contributed by atoms with Gasteiger partial charge in [-0.2, -0.15) is 13.2 Å². The molecule has 0 aromatic heterocycles. The number of benzene rings is 1. The van der Waals surface area contributed by atoms with Crippen molar-refractivity contribution in [1.82, 2.24) is 10.6 Å². The molecular weight excluding hydrogens is 321 g/mol. The van der Waals surface area contributed by atoms with Gasteiger partial charge >= 0.3 is 12.2 Å². The summed E-state index contributed by atoms with van der Waals surface area (Å²) in [5.41, 5.74) is 0.693. The summed E-state index contributed by atoms with van der Waals surface area (Å²) in [5, 5.41) is 13.1. The Morgan fingerprint density at radius 1 is 1.23 bits per heavy atom. The van der Waals surface area contributed by atoms with E-state index in [9.17, 15) is 27.9 Å². The van der Waals surface area contributed by atoms with Crippen molar-refractivity contribution in [2.24, 2.45) is 0 Å². The van der Waals surface area contributed by atoms with E-state index in [1.165, 1.54) is 5.32 Å². The van der Waals surface area contributed by atoms with Crippen LogP contribution in [0.1, 0.15) is 11.7 Å². The topological polar surface area (TPSA) is 78.4 Å². The van der Waals surface area contributed by atoms with Crippen molar-refractivity contribution in [2.45, 2.75) is 12.3 Å². The Kier molecular flexibility index (Phi) is 7.19. The van der Waals surface area contributed by atoms with Gasteiger partial charge in [-0.25, -0.2) is 4.79 Å². The maximum Gasteiger partial charge on any atom is 0.405 e. The second kappa shape index (κ2) is 8.64. The minimum absolute atomic E-state index is 0.149. The first-order chi connectivity index (χ1) is 10.3. The molecule has 22 heavy (non-hydrogen) atoms. The Balaban J connectivity index is 2.22. The summed E-state index contributed by atoms with van der Waals surface area (Å²) >= 11 is 1.07. The Morgan fingerprint density at radius 2 is 1.86 bits per heavy atom. The number of hydrogen-bond donors (Lipinski definition) is 3. The van der Waals surface area contributed by atoms with Gasteiger partial charge in [0.15, 0.2) is 0 Å². The number of aliphatic hydroxyl groups is 1. The average Bonchev–Trinajstić information content (AvgIpc) is 2.45. The molecule has 0 saturated carbocycles. The number of imide groups is 1. The first-order valence-corrected chi connectivity index (χ1v) is 7.38. The second-order valence-corrected chi connectivity index (χ2v) is 5.32. The lowest BCUT2D eigenvalue weighted by molar-refractivity contribution is -0.124. The lowest BCUT2D eigenvalue weighted by Crippen LogP contribution is -2.44. The number of carbonyl (C=O) groups is 2. The van der Waals surface area contributed by atoms with Crippen molar-refractivity contribution >= 4 is 23.7 Å². The lowest BCUT2D eigenvalue weighted by Gasteiger charge is -2.11. The Bertz CT molecular complexity index is 497. The molecule has 1 atom stereocenters. The normalized spacial score (nSPS) is 12.5. The molecule has 0 heterocycles. The Labute approximate surface area is 129 Å². The van der Waals surface area contributed by atoms with E-state index in [0.717, 1.165) is 11.8 Å². The van der Waals surface area contributed by atoms with Crippen molar-refractivity contribution in [2.75, 3.05) is 18.1 Å². The molecule has 1 rings (SSSR count). The number of nitrogens with one attached hydrogen (secondary N) is 2. The summed E-state index contributed by atoms with van der Waals surface area (Å²) in [6.07, 6.45) is -5.30. The van der Waals surface area contributed by atoms with Crippen molar-refractivity contribution in [3.05, 3.63) is 35.9 Å². The van der Waals surface area contributed by atoms with Crippen LogP contribution in [0.3, 0.4) is 0 Å². The van der Waals surface area contributed by atoms with E-state index in [1.807, 2.05) is 0 Å². The van der Waals surface area contributed by atoms with E-state index in [2.05, 4.69) is 0 Å². The SMILES string of the molecule is O=C(CSC[C@H](O)c1ccccc1)NC(=O)NCC(F)(F)F. The van der Waals surface area contributed by atoms with Gasteiger partial charge in [-0.1, -0.05) is 30.3 Å². The van der Waals surface area contributed by atoms with E-state index < -0.39 is 30.8 Å². The van der Waals surface area contributed by atoms with Crippen molar-refractivity contribution < 1.29 is 27.9 Å². The zero-order valence-corrected chi connectivity index (χ0v) is 12.2. The minimum atomic E-state index is -4.53. The van der Waals surface area contributed by atoms with Crippen LogP contribution in [0.5, 0.6) is 0 Å². The summed E-state index contributed by atoms with van der Waals surface area (Å²) in [6, 6.07) is 7.59. The molecule has 0 saturated heterocycles. The first kappa shape index (κ1) is 18.3. The van der Waals surface area contributed by atoms with E-state index in [1.54, 1.807) is 35.6 Å². The van der Waals surface area contributed by atoms with Gasteiger partial charge in [0.05, 0.1) is 11.9 Å².